The number of thiazole rings is 1. The highest BCUT2D eigenvalue weighted by atomic mass is 32.1. The van der Waals surface area contributed by atoms with Crippen LogP contribution in [0.15, 0.2) is 54.0 Å². The van der Waals surface area contributed by atoms with Crippen LogP contribution in [0, 0.1) is 5.82 Å². The quantitative estimate of drug-likeness (QED) is 0.710. The van der Waals surface area contributed by atoms with E-state index in [2.05, 4.69) is 15.3 Å². The summed E-state index contributed by atoms with van der Waals surface area (Å²) in [7, 11) is 0. The molecule has 0 saturated heterocycles. The van der Waals surface area contributed by atoms with Gasteiger partial charge in [0.05, 0.1) is 5.69 Å². The molecule has 0 spiro atoms. The number of carbonyl (C=O) groups excluding carboxylic acids is 2. The number of amides is 1. The summed E-state index contributed by atoms with van der Waals surface area (Å²) in [6, 6.07) is 10.7. The van der Waals surface area contributed by atoms with Crippen molar-refractivity contribution in [2.75, 3.05) is 11.9 Å². The van der Waals surface area contributed by atoms with E-state index in [1.165, 1.54) is 35.7 Å². The third-order valence-electron chi connectivity index (χ3n) is 3.10. The van der Waals surface area contributed by atoms with E-state index in [4.69, 9.17) is 4.74 Å². The maximum absolute atomic E-state index is 12.9. The fourth-order valence-electron chi connectivity index (χ4n) is 1.93. The van der Waals surface area contributed by atoms with Crippen molar-refractivity contribution in [3.05, 3.63) is 65.6 Å². The van der Waals surface area contributed by atoms with E-state index >= 15 is 0 Å². The minimum atomic E-state index is -0.679. The standard InChI is InChI=1S/C17H12FN3O3S/c18-12-6-4-11(5-7-12)14-10-25-17(20-14)21-15(22)9-24-16(23)13-3-1-2-8-19-13/h1-8,10H,9H2,(H,20,21,22). The second-order valence-corrected chi connectivity index (χ2v) is 5.74. The van der Waals surface area contributed by atoms with Crippen LogP contribution in [0.25, 0.3) is 11.3 Å². The number of ether oxygens (including phenoxy) is 1. The molecule has 2 heterocycles. The van der Waals surface area contributed by atoms with Crippen molar-refractivity contribution in [3.63, 3.8) is 0 Å². The van der Waals surface area contributed by atoms with Crippen LogP contribution in [0.3, 0.4) is 0 Å². The normalized spacial score (nSPS) is 10.3. The van der Waals surface area contributed by atoms with Gasteiger partial charge in [0.15, 0.2) is 11.7 Å². The molecule has 6 nitrogen and oxygen atoms in total. The van der Waals surface area contributed by atoms with Crippen LogP contribution in [0.1, 0.15) is 10.5 Å². The zero-order valence-corrected chi connectivity index (χ0v) is 13.6. The van der Waals surface area contributed by atoms with Gasteiger partial charge in [0, 0.05) is 17.1 Å². The van der Waals surface area contributed by atoms with Gasteiger partial charge in [-0.3, -0.25) is 10.1 Å². The Morgan fingerprint density at radius 1 is 1.16 bits per heavy atom. The van der Waals surface area contributed by atoms with Gasteiger partial charge in [-0.2, -0.15) is 0 Å². The van der Waals surface area contributed by atoms with E-state index < -0.39 is 18.5 Å². The molecule has 2 aromatic heterocycles. The summed E-state index contributed by atoms with van der Waals surface area (Å²) in [6.07, 6.45) is 1.46. The maximum atomic E-state index is 12.9. The summed E-state index contributed by atoms with van der Waals surface area (Å²) in [5.41, 5.74) is 1.48. The number of anilines is 1. The summed E-state index contributed by atoms with van der Waals surface area (Å²) >= 11 is 1.22. The average Bonchev–Trinajstić information content (AvgIpc) is 3.09. The van der Waals surface area contributed by atoms with Crippen molar-refractivity contribution in [3.8, 4) is 11.3 Å². The van der Waals surface area contributed by atoms with Crippen LogP contribution in [-0.4, -0.2) is 28.5 Å². The Balaban J connectivity index is 1.55. The SMILES string of the molecule is O=C(COC(=O)c1ccccn1)Nc1nc(-c2ccc(F)cc2)cs1. The van der Waals surface area contributed by atoms with Crippen molar-refractivity contribution < 1.29 is 18.7 Å². The van der Waals surface area contributed by atoms with Crippen molar-refractivity contribution in [2.24, 2.45) is 0 Å². The van der Waals surface area contributed by atoms with Gasteiger partial charge in [0.2, 0.25) is 0 Å². The zero-order valence-electron chi connectivity index (χ0n) is 12.8. The van der Waals surface area contributed by atoms with Gasteiger partial charge in [-0.25, -0.2) is 19.2 Å². The smallest absolute Gasteiger partial charge is 0.357 e. The summed E-state index contributed by atoms with van der Waals surface area (Å²) in [6.45, 7) is -0.444. The summed E-state index contributed by atoms with van der Waals surface area (Å²) in [5.74, 6) is -1.52. The molecule has 0 aliphatic heterocycles. The molecule has 1 aromatic carbocycles. The van der Waals surface area contributed by atoms with E-state index in [1.807, 2.05) is 0 Å². The third-order valence-corrected chi connectivity index (χ3v) is 3.86. The first-order valence-corrected chi connectivity index (χ1v) is 8.09. The molecule has 3 rings (SSSR count). The lowest BCUT2D eigenvalue weighted by Crippen LogP contribution is -2.21. The summed E-state index contributed by atoms with van der Waals surface area (Å²) in [4.78, 5) is 31.6. The molecule has 0 fully saturated rings. The van der Waals surface area contributed by atoms with Gasteiger partial charge in [0.25, 0.3) is 5.91 Å². The summed E-state index contributed by atoms with van der Waals surface area (Å²) < 4.78 is 17.8. The molecule has 126 valence electrons. The number of nitrogens with one attached hydrogen (secondary N) is 1. The van der Waals surface area contributed by atoms with Crippen LogP contribution in [0.2, 0.25) is 0 Å². The Morgan fingerprint density at radius 2 is 1.96 bits per heavy atom. The lowest BCUT2D eigenvalue weighted by atomic mass is 10.2. The molecular formula is C17H12FN3O3S. The fourth-order valence-corrected chi connectivity index (χ4v) is 2.66. The van der Waals surface area contributed by atoms with Crippen molar-refractivity contribution in [2.45, 2.75) is 0 Å². The van der Waals surface area contributed by atoms with Crippen molar-refractivity contribution >= 4 is 28.3 Å². The molecule has 0 aliphatic carbocycles. The monoisotopic (exact) mass is 357 g/mol. The molecule has 0 saturated carbocycles. The topological polar surface area (TPSA) is 81.2 Å². The van der Waals surface area contributed by atoms with Gasteiger partial charge in [0.1, 0.15) is 11.5 Å². The molecule has 1 N–H and O–H groups in total. The van der Waals surface area contributed by atoms with Gasteiger partial charge in [-0.15, -0.1) is 11.3 Å². The first kappa shape index (κ1) is 16.7. The van der Waals surface area contributed by atoms with Crippen LogP contribution in [-0.2, 0) is 9.53 Å². The molecule has 0 atom stereocenters. The van der Waals surface area contributed by atoms with Crippen molar-refractivity contribution in [1.29, 1.82) is 0 Å². The highest BCUT2D eigenvalue weighted by molar-refractivity contribution is 7.14. The predicted octanol–water partition coefficient (Wildman–Crippen LogP) is 3.14. The zero-order chi connectivity index (χ0) is 17.6. The molecular weight excluding hydrogens is 345 g/mol. The van der Waals surface area contributed by atoms with Crippen LogP contribution in [0.4, 0.5) is 9.52 Å². The van der Waals surface area contributed by atoms with Crippen LogP contribution < -0.4 is 5.32 Å². The number of carbonyl (C=O) groups is 2. The largest absolute Gasteiger partial charge is 0.451 e. The third kappa shape index (κ3) is 4.45. The molecule has 1 amide bonds. The predicted molar refractivity (Wildman–Crippen MR) is 90.7 cm³/mol. The Kier molecular flexibility index (Phi) is 5.10. The number of aromatic nitrogens is 2. The van der Waals surface area contributed by atoms with Gasteiger partial charge in [-0.1, -0.05) is 6.07 Å². The second-order valence-electron chi connectivity index (χ2n) is 4.88. The molecule has 0 radical (unpaired) electrons. The molecule has 0 bridgehead atoms. The van der Waals surface area contributed by atoms with Crippen molar-refractivity contribution in [1.82, 2.24) is 9.97 Å². The van der Waals surface area contributed by atoms with Crippen LogP contribution >= 0.6 is 11.3 Å². The van der Waals surface area contributed by atoms with Crippen LogP contribution in [0.5, 0.6) is 0 Å². The molecule has 25 heavy (non-hydrogen) atoms. The molecule has 0 aliphatic rings. The average molecular weight is 357 g/mol. The van der Waals surface area contributed by atoms with E-state index in [0.29, 0.717) is 10.8 Å². The molecule has 0 unspecified atom stereocenters. The number of benzene rings is 1. The number of rotatable bonds is 5. The van der Waals surface area contributed by atoms with E-state index in [-0.39, 0.29) is 11.5 Å². The Labute approximate surface area is 146 Å². The number of nitrogens with zero attached hydrogens (tertiary/aromatic N) is 2. The number of hydrogen-bond acceptors (Lipinski definition) is 6. The molecule has 3 aromatic rings. The number of esters is 1. The minimum absolute atomic E-state index is 0.128. The van der Waals surface area contributed by atoms with E-state index in [1.54, 1.807) is 29.6 Å². The first-order valence-electron chi connectivity index (χ1n) is 7.21. The Bertz CT molecular complexity index is 882. The number of halogens is 1. The Hall–Kier alpha value is -3.13. The van der Waals surface area contributed by atoms with E-state index in [9.17, 15) is 14.0 Å². The first-order chi connectivity index (χ1) is 12.1. The van der Waals surface area contributed by atoms with Gasteiger partial charge in [-0.05, 0) is 36.4 Å². The van der Waals surface area contributed by atoms with Gasteiger partial charge < -0.3 is 4.74 Å². The van der Waals surface area contributed by atoms with E-state index in [0.717, 1.165) is 5.56 Å². The highest BCUT2D eigenvalue weighted by Crippen LogP contribution is 2.24. The number of pyridine rings is 1. The second kappa shape index (κ2) is 7.63. The maximum Gasteiger partial charge on any atom is 0.357 e. The lowest BCUT2D eigenvalue weighted by Gasteiger charge is -2.04. The lowest BCUT2D eigenvalue weighted by molar-refractivity contribution is -0.119. The van der Waals surface area contributed by atoms with Gasteiger partial charge >= 0.3 is 5.97 Å². The number of hydrogen-bond donors (Lipinski definition) is 1. The summed E-state index contributed by atoms with van der Waals surface area (Å²) in [5, 5.41) is 4.65. The highest BCUT2D eigenvalue weighted by Gasteiger charge is 2.12. The Morgan fingerprint density at radius 3 is 2.68 bits per heavy atom. The minimum Gasteiger partial charge on any atom is -0.451 e. The molecule has 8 heteroatoms. The fraction of sp³-hybridized carbons (Fsp3) is 0.0588.